The number of amides is 1. The molecular formula is C13H12ClIN4O. The molecule has 1 saturated carbocycles. The Morgan fingerprint density at radius 2 is 2.25 bits per heavy atom. The molecule has 3 rings (SSSR count). The van der Waals surface area contributed by atoms with Crippen LogP contribution in [0.25, 0.3) is 0 Å². The van der Waals surface area contributed by atoms with E-state index in [1.165, 1.54) is 0 Å². The van der Waals surface area contributed by atoms with E-state index in [1.807, 2.05) is 6.07 Å². The van der Waals surface area contributed by atoms with Crippen LogP contribution in [0.3, 0.4) is 0 Å². The SMILES string of the molecule is Nc1c(C(=O)Nc2ccc(I)cc2Cl)n[nH]c1C1CC1. The van der Waals surface area contributed by atoms with Crippen molar-refractivity contribution in [3.8, 4) is 0 Å². The Balaban J connectivity index is 1.82. The summed E-state index contributed by atoms with van der Waals surface area (Å²) < 4.78 is 1.00. The molecule has 4 N–H and O–H groups in total. The summed E-state index contributed by atoms with van der Waals surface area (Å²) >= 11 is 8.24. The molecule has 1 aliphatic rings. The quantitative estimate of drug-likeness (QED) is 0.688. The summed E-state index contributed by atoms with van der Waals surface area (Å²) in [6.45, 7) is 0. The number of hydrogen-bond donors (Lipinski definition) is 3. The topological polar surface area (TPSA) is 83.8 Å². The minimum atomic E-state index is -0.353. The van der Waals surface area contributed by atoms with Crippen LogP contribution in [-0.4, -0.2) is 16.1 Å². The summed E-state index contributed by atoms with van der Waals surface area (Å²) in [4.78, 5) is 12.2. The van der Waals surface area contributed by atoms with Gasteiger partial charge in [-0.05, 0) is 53.6 Å². The zero-order chi connectivity index (χ0) is 14.3. The number of benzene rings is 1. The maximum Gasteiger partial charge on any atom is 0.278 e. The normalized spacial score (nSPS) is 14.3. The van der Waals surface area contributed by atoms with Gasteiger partial charge in [0.25, 0.3) is 5.91 Å². The van der Waals surface area contributed by atoms with E-state index in [2.05, 4.69) is 38.1 Å². The Labute approximate surface area is 134 Å². The largest absolute Gasteiger partial charge is 0.395 e. The van der Waals surface area contributed by atoms with Crippen LogP contribution < -0.4 is 11.1 Å². The van der Waals surface area contributed by atoms with E-state index in [4.69, 9.17) is 17.3 Å². The molecule has 0 bridgehead atoms. The molecule has 0 saturated heterocycles. The number of nitrogens with one attached hydrogen (secondary N) is 2. The van der Waals surface area contributed by atoms with Gasteiger partial charge >= 0.3 is 0 Å². The molecule has 5 nitrogen and oxygen atoms in total. The third-order valence-corrected chi connectivity index (χ3v) is 4.20. The number of H-pyrrole nitrogens is 1. The zero-order valence-electron chi connectivity index (χ0n) is 10.4. The summed E-state index contributed by atoms with van der Waals surface area (Å²) in [7, 11) is 0. The van der Waals surface area contributed by atoms with Crippen molar-refractivity contribution in [1.82, 2.24) is 10.2 Å². The van der Waals surface area contributed by atoms with Gasteiger partial charge in [0.15, 0.2) is 5.69 Å². The number of nitrogens with two attached hydrogens (primary N) is 1. The number of nitrogen functional groups attached to an aromatic ring is 1. The van der Waals surface area contributed by atoms with Crippen LogP contribution in [0.4, 0.5) is 11.4 Å². The number of aromatic nitrogens is 2. The maximum absolute atomic E-state index is 12.2. The van der Waals surface area contributed by atoms with Crippen LogP contribution in [0.2, 0.25) is 5.02 Å². The summed E-state index contributed by atoms with van der Waals surface area (Å²) in [6, 6.07) is 5.40. The summed E-state index contributed by atoms with van der Waals surface area (Å²) in [5.74, 6) is 0.0692. The lowest BCUT2D eigenvalue weighted by molar-refractivity contribution is 0.102. The molecule has 0 radical (unpaired) electrons. The van der Waals surface area contributed by atoms with E-state index >= 15 is 0 Å². The standard InChI is InChI=1S/C13H12ClIN4O/c14-8-5-7(15)3-4-9(8)17-13(20)12-10(16)11(18-19-12)6-1-2-6/h3-6H,1-2,16H2,(H,17,20)(H,18,19). The highest BCUT2D eigenvalue weighted by atomic mass is 127. The van der Waals surface area contributed by atoms with Crippen molar-refractivity contribution in [2.45, 2.75) is 18.8 Å². The fourth-order valence-corrected chi connectivity index (χ4v) is 2.90. The third-order valence-electron chi connectivity index (χ3n) is 3.21. The molecular weight excluding hydrogens is 391 g/mol. The number of nitrogens with zero attached hydrogens (tertiary/aromatic N) is 1. The lowest BCUT2D eigenvalue weighted by Gasteiger charge is -2.06. The molecule has 0 atom stereocenters. The summed E-state index contributed by atoms with van der Waals surface area (Å²) in [6.07, 6.45) is 2.19. The fourth-order valence-electron chi connectivity index (χ4n) is 1.99. The van der Waals surface area contributed by atoms with Gasteiger partial charge in [0, 0.05) is 9.49 Å². The molecule has 1 amide bonds. The second kappa shape index (κ2) is 5.25. The highest BCUT2D eigenvalue weighted by Crippen LogP contribution is 2.42. The van der Waals surface area contributed by atoms with Crippen LogP contribution >= 0.6 is 34.2 Å². The van der Waals surface area contributed by atoms with Crippen molar-refractivity contribution in [3.63, 3.8) is 0 Å². The first-order valence-corrected chi connectivity index (χ1v) is 7.62. The highest BCUT2D eigenvalue weighted by molar-refractivity contribution is 14.1. The average molecular weight is 403 g/mol. The lowest BCUT2D eigenvalue weighted by atomic mass is 10.2. The molecule has 0 aliphatic heterocycles. The van der Waals surface area contributed by atoms with Crippen molar-refractivity contribution >= 4 is 51.5 Å². The van der Waals surface area contributed by atoms with Crippen LogP contribution in [0.5, 0.6) is 0 Å². The molecule has 0 spiro atoms. The Morgan fingerprint density at radius 3 is 2.90 bits per heavy atom. The van der Waals surface area contributed by atoms with E-state index < -0.39 is 0 Å². The van der Waals surface area contributed by atoms with E-state index in [9.17, 15) is 4.79 Å². The average Bonchev–Trinajstić information content (AvgIpc) is 3.16. The first-order valence-electron chi connectivity index (χ1n) is 6.16. The molecule has 0 unspecified atom stereocenters. The zero-order valence-corrected chi connectivity index (χ0v) is 13.3. The predicted molar refractivity (Wildman–Crippen MR) is 87.1 cm³/mol. The number of aromatic amines is 1. The molecule has 20 heavy (non-hydrogen) atoms. The van der Waals surface area contributed by atoms with Gasteiger partial charge in [0.1, 0.15) is 0 Å². The molecule has 1 aliphatic carbocycles. The van der Waals surface area contributed by atoms with E-state index in [0.29, 0.717) is 22.3 Å². The van der Waals surface area contributed by atoms with Gasteiger partial charge < -0.3 is 11.1 Å². The van der Waals surface area contributed by atoms with Gasteiger partial charge in [-0.25, -0.2) is 0 Å². The molecule has 1 aromatic heterocycles. The molecule has 1 fully saturated rings. The fraction of sp³-hybridized carbons (Fsp3) is 0.231. The second-order valence-electron chi connectivity index (χ2n) is 4.75. The highest BCUT2D eigenvalue weighted by Gasteiger charge is 2.30. The van der Waals surface area contributed by atoms with E-state index in [1.54, 1.807) is 12.1 Å². The van der Waals surface area contributed by atoms with Crippen LogP contribution in [0, 0.1) is 3.57 Å². The van der Waals surface area contributed by atoms with Crippen LogP contribution in [0.1, 0.15) is 34.9 Å². The number of carbonyl (C=O) groups is 1. The minimum Gasteiger partial charge on any atom is -0.395 e. The van der Waals surface area contributed by atoms with Crippen molar-refractivity contribution < 1.29 is 4.79 Å². The molecule has 1 aromatic carbocycles. The maximum atomic E-state index is 12.2. The predicted octanol–water partition coefficient (Wildman–Crippen LogP) is 3.38. The number of halogens is 2. The Morgan fingerprint density at radius 1 is 1.50 bits per heavy atom. The van der Waals surface area contributed by atoms with Crippen LogP contribution in [0.15, 0.2) is 18.2 Å². The summed E-state index contributed by atoms with van der Waals surface area (Å²) in [5, 5.41) is 10.1. The molecule has 2 aromatic rings. The number of rotatable bonds is 3. The molecule has 104 valence electrons. The van der Waals surface area contributed by atoms with Crippen molar-refractivity contribution in [2.75, 3.05) is 11.1 Å². The molecule has 1 heterocycles. The third kappa shape index (κ3) is 2.62. The van der Waals surface area contributed by atoms with Gasteiger partial charge in [-0.2, -0.15) is 5.10 Å². The van der Waals surface area contributed by atoms with Gasteiger partial charge in [0.05, 0.1) is 22.1 Å². The van der Waals surface area contributed by atoms with Crippen LogP contribution in [-0.2, 0) is 0 Å². The van der Waals surface area contributed by atoms with Crippen molar-refractivity contribution in [2.24, 2.45) is 0 Å². The van der Waals surface area contributed by atoms with E-state index in [0.717, 1.165) is 22.1 Å². The number of carbonyl (C=O) groups excluding carboxylic acids is 1. The van der Waals surface area contributed by atoms with Gasteiger partial charge in [-0.3, -0.25) is 9.89 Å². The van der Waals surface area contributed by atoms with Gasteiger partial charge in [0.2, 0.25) is 0 Å². The number of anilines is 2. The molecule has 7 heteroatoms. The summed E-state index contributed by atoms with van der Waals surface area (Å²) in [5.41, 5.74) is 8.05. The first-order chi connectivity index (χ1) is 9.56. The first kappa shape index (κ1) is 13.7. The van der Waals surface area contributed by atoms with Crippen molar-refractivity contribution in [3.05, 3.63) is 38.2 Å². The number of hydrogen-bond acceptors (Lipinski definition) is 3. The Kier molecular flexibility index (Phi) is 3.59. The van der Waals surface area contributed by atoms with E-state index in [-0.39, 0.29) is 11.6 Å². The van der Waals surface area contributed by atoms with Gasteiger partial charge in [-0.1, -0.05) is 11.6 Å². The van der Waals surface area contributed by atoms with Gasteiger partial charge in [-0.15, -0.1) is 0 Å². The monoisotopic (exact) mass is 402 g/mol. The lowest BCUT2D eigenvalue weighted by Crippen LogP contribution is -2.14. The Hall–Kier alpha value is -1.28. The minimum absolute atomic E-state index is 0.224. The second-order valence-corrected chi connectivity index (χ2v) is 6.40. The smallest absolute Gasteiger partial charge is 0.278 e. The Bertz CT molecular complexity index is 681. The van der Waals surface area contributed by atoms with Crippen molar-refractivity contribution in [1.29, 1.82) is 0 Å².